The molecule has 0 aliphatic heterocycles. The number of nitrogens with zero attached hydrogens (tertiary/aromatic N) is 1. The molecule has 0 saturated carbocycles. The maximum absolute atomic E-state index is 13.7. The van der Waals surface area contributed by atoms with Crippen LogP contribution >= 0.6 is 0 Å². The van der Waals surface area contributed by atoms with Crippen molar-refractivity contribution >= 4 is 11.6 Å². The number of hydrogen-bond donors (Lipinski definition) is 2. The van der Waals surface area contributed by atoms with E-state index in [2.05, 4.69) is 10.3 Å². The standard InChI is InChI=1S/C13H10F2N2O2/c1-7-2-3-9(14)12(11(7)15)17-13(19)8-4-5-16-6-10(8)18/h2-6,18H,1H3,(H,17,19). The minimum absolute atomic E-state index is 0.115. The predicted molar refractivity (Wildman–Crippen MR) is 65.0 cm³/mol. The molecule has 2 aromatic rings. The van der Waals surface area contributed by atoms with Gasteiger partial charge in [0, 0.05) is 6.20 Å². The highest BCUT2D eigenvalue weighted by molar-refractivity contribution is 6.06. The Labute approximate surface area is 107 Å². The van der Waals surface area contributed by atoms with E-state index < -0.39 is 23.2 Å². The lowest BCUT2D eigenvalue weighted by molar-refractivity contribution is 0.102. The number of carbonyl (C=O) groups excluding carboxylic acids is 1. The van der Waals surface area contributed by atoms with Crippen LogP contribution in [0.25, 0.3) is 0 Å². The summed E-state index contributed by atoms with van der Waals surface area (Å²) in [6, 6.07) is 3.57. The molecular weight excluding hydrogens is 254 g/mol. The van der Waals surface area contributed by atoms with Gasteiger partial charge in [0.15, 0.2) is 5.82 Å². The fraction of sp³-hybridized carbons (Fsp3) is 0.0769. The highest BCUT2D eigenvalue weighted by Crippen LogP contribution is 2.23. The summed E-state index contributed by atoms with van der Waals surface area (Å²) in [7, 11) is 0. The summed E-state index contributed by atoms with van der Waals surface area (Å²) in [5, 5.41) is 11.5. The van der Waals surface area contributed by atoms with E-state index in [9.17, 15) is 18.7 Å². The van der Waals surface area contributed by atoms with E-state index in [0.29, 0.717) is 0 Å². The van der Waals surface area contributed by atoms with Gasteiger partial charge < -0.3 is 10.4 Å². The molecule has 2 rings (SSSR count). The van der Waals surface area contributed by atoms with E-state index in [1.54, 1.807) is 0 Å². The summed E-state index contributed by atoms with van der Waals surface area (Å²) in [4.78, 5) is 15.4. The lowest BCUT2D eigenvalue weighted by atomic mass is 10.1. The Hall–Kier alpha value is -2.50. The molecule has 0 bridgehead atoms. The van der Waals surface area contributed by atoms with Gasteiger partial charge in [-0.25, -0.2) is 8.78 Å². The van der Waals surface area contributed by atoms with Crippen molar-refractivity contribution in [2.75, 3.05) is 5.32 Å². The fourth-order valence-electron chi connectivity index (χ4n) is 1.53. The van der Waals surface area contributed by atoms with Gasteiger partial charge in [0.25, 0.3) is 5.91 Å². The van der Waals surface area contributed by atoms with Gasteiger partial charge >= 0.3 is 0 Å². The van der Waals surface area contributed by atoms with Crippen LogP contribution in [0.2, 0.25) is 0 Å². The number of benzene rings is 1. The molecule has 1 aromatic carbocycles. The number of pyridine rings is 1. The number of nitrogens with one attached hydrogen (secondary N) is 1. The first-order valence-electron chi connectivity index (χ1n) is 5.39. The zero-order valence-electron chi connectivity index (χ0n) is 9.95. The molecule has 1 amide bonds. The van der Waals surface area contributed by atoms with Gasteiger partial charge in [0.2, 0.25) is 0 Å². The maximum Gasteiger partial charge on any atom is 0.259 e. The van der Waals surface area contributed by atoms with Gasteiger partial charge in [0.05, 0.1) is 11.8 Å². The quantitative estimate of drug-likeness (QED) is 0.876. The molecule has 4 nitrogen and oxygen atoms in total. The molecule has 1 heterocycles. The van der Waals surface area contributed by atoms with Crippen molar-refractivity contribution in [3.8, 4) is 5.75 Å². The number of hydrogen-bond acceptors (Lipinski definition) is 3. The number of amides is 1. The van der Waals surface area contributed by atoms with E-state index in [1.807, 2.05) is 0 Å². The number of aromatic nitrogens is 1. The van der Waals surface area contributed by atoms with Crippen molar-refractivity contribution in [2.24, 2.45) is 0 Å². The lowest BCUT2D eigenvalue weighted by Gasteiger charge is -2.09. The summed E-state index contributed by atoms with van der Waals surface area (Å²) in [5.41, 5.74) is -0.452. The molecule has 98 valence electrons. The van der Waals surface area contributed by atoms with Crippen LogP contribution in [0.15, 0.2) is 30.6 Å². The van der Waals surface area contributed by atoms with Crippen LogP contribution in [0, 0.1) is 18.6 Å². The van der Waals surface area contributed by atoms with Gasteiger partial charge in [-0.05, 0) is 24.6 Å². The van der Waals surface area contributed by atoms with Gasteiger partial charge in [-0.2, -0.15) is 0 Å². The molecule has 0 atom stereocenters. The predicted octanol–water partition coefficient (Wildman–Crippen LogP) is 2.63. The first-order chi connectivity index (χ1) is 9.00. The van der Waals surface area contributed by atoms with Crippen LogP contribution in [0.5, 0.6) is 5.75 Å². The Bertz CT molecular complexity index is 645. The summed E-state index contributed by atoms with van der Waals surface area (Å²) in [5.74, 6) is -2.91. The maximum atomic E-state index is 13.7. The third-order valence-electron chi connectivity index (χ3n) is 2.57. The highest BCUT2D eigenvalue weighted by atomic mass is 19.1. The summed E-state index contributed by atoms with van der Waals surface area (Å²) >= 11 is 0. The first-order valence-corrected chi connectivity index (χ1v) is 5.39. The van der Waals surface area contributed by atoms with Crippen LogP contribution in [0.1, 0.15) is 15.9 Å². The number of rotatable bonds is 2. The van der Waals surface area contributed by atoms with Gasteiger partial charge in [-0.15, -0.1) is 0 Å². The normalized spacial score (nSPS) is 10.3. The minimum atomic E-state index is -0.884. The summed E-state index contributed by atoms with van der Waals surface area (Å²) in [6.07, 6.45) is 2.36. The number of anilines is 1. The molecule has 0 aliphatic rings. The van der Waals surface area contributed by atoms with Gasteiger partial charge in [-0.1, -0.05) is 6.07 Å². The molecular formula is C13H10F2N2O2. The fourth-order valence-corrected chi connectivity index (χ4v) is 1.53. The minimum Gasteiger partial charge on any atom is -0.505 e. The molecule has 0 radical (unpaired) electrons. The van der Waals surface area contributed by atoms with Crippen molar-refractivity contribution in [1.29, 1.82) is 0 Å². The second-order valence-corrected chi connectivity index (χ2v) is 3.90. The monoisotopic (exact) mass is 264 g/mol. The summed E-state index contributed by atoms with van der Waals surface area (Å²) < 4.78 is 27.2. The zero-order chi connectivity index (χ0) is 14.0. The molecule has 1 aromatic heterocycles. The SMILES string of the molecule is Cc1ccc(F)c(NC(=O)c2ccncc2O)c1F. The van der Waals surface area contributed by atoms with Crippen molar-refractivity contribution in [1.82, 2.24) is 4.98 Å². The molecule has 0 unspecified atom stereocenters. The number of halogens is 2. The van der Waals surface area contributed by atoms with Gasteiger partial charge in [0.1, 0.15) is 17.3 Å². The average molecular weight is 264 g/mol. The van der Waals surface area contributed by atoms with Crippen LogP contribution in [0.3, 0.4) is 0 Å². The molecule has 6 heteroatoms. The highest BCUT2D eigenvalue weighted by Gasteiger charge is 2.17. The first kappa shape index (κ1) is 12.9. The molecule has 2 N–H and O–H groups in total. The molecule has 0 aliphatic carbocycles. The Kier molecular flexibility index (Phi) is 3.41. The van der Waals surface area contributed by atoms with E-state index >= 15 is 0 Å². The smallest absolute Gasteiger partial charge is 0.259 e. The van der Waals surface area contributed by atoms with E-state index in [1.165, 1.54) is 25.3 Å². The Balaban J connectivity index is 2.35. The number of aromatic hydroxyl groups is 1. The average Bonchev–Trinajstić information content (AvgIpc) is 2.39. The number of aryl methyl sites for hydroxylation is 1. The molecule has 0 spiro atoms. The third-order valence-corrected chi connectivity index (χ3v) is 2.57. The third kappa shape index (κ3) is 2.52. The largest absolute Gasteiger partial charge is 0.505 e. The van der Waals surface area contributed by atoms with Crippen molar-refractivity contribution < 1.29 is 18.7 Å². The van der Waals surface area contributed by atoms with Crippen LogP contribution < -0.4 is 5.32 Å². The Morgan fingerprint density at radius 3 is 2.74 bits per heavy atom. The van der Waals surface area contributed by atoms with E-state index in [0.717, 1.165) is 12.3 Å². The summed E-state index contributed by atoms with van der Waals surface area (Å²) in [6.45, 7) is 1.45. The van der Waals surface area contributed by atoms with Crippen molar-refractivity contribution in [2.45, 2.75) is 6.92 Å². The molecule has 0 saturated heterocycles. The number of carbonyl (C=O) groups is 1. The van der Waals surface area contributed by atoms with E-state index in [4.69, 9.17) is 0 Å². The lowest BCUT2D eigenvalue weighted by Crippen LogP contribution is -2.15. The second kappa shape index (κ2) is 5.01. The van der Waals surface area contributed by atoms with Crippen LogP contribution in [0.4, 0.5) is 14.5 Å². The van der Waals surface area contributed by atoms with Crippen LogP contribution in [-0.2, 0) is 0 Å². The second-order valence-electron chi connectivity index (χ2n) is 3.90. The van der Waals surface area contributed by atoms with Gasteiger partial charge in [-0.3, -0.25) is 9.78 Å². The molecule has 0 fully saturated rings. The van der Waals surface area contributed by atoms with E-state index in [-0.39, 0.29) is 16.9 Å². The Morgan fingerprint density at radius 1 is 1.32 bits per heavy atom. The zero-order valence-corrected chi connectivity index (χ0v) is 9.95. The van der Waals surface area contributed by atoms with Crippen LogP contribution in [-0.4, -0.2) is 16.0 Å². The topological polar surface area (TPSA) is 62.2 Å². The van der Waals surface area contributed by atoms with Crippen molar-refractivity contribution in [3.05, 3.63) is 53.4 Å². The molecule has 19 heavy (non-hydrogen) atoms. The van der Waals surface area contributed by atoms with Crippen molar-refractivity contribution in [3.63, 3.8) is 0 Å². The Morgan fingerprint density at radius 2 is 2.05 bits per heavy atom.